The molecule has 0 spiro atoms. The van der Waals surface area contributed by atoms with Crippen molar-refractivity contribution >= 4 is 5.84 Å². The molecule has 1 radical (unpaired) electrons. The summed E-state index contributed by atoms with van der Waals surface area (Å²) in [6.45, 7) is 6.37. The van der Waals surface area contributed by atoms with Crippen LogP contribution in [0.4, 0.5) is 0 Å². The van der Waals surface area contributed by atoms with Crippen LogP contribution >= 0.6 is 0 Å². The molecule has 57 valence electrons. The Hall–Kier alpha value is -0.790. The number of unbranched alkanes of at least 4 members (excludes halogenated alkanes) is 2. The quantitative estimate of drug-likeness (QED) is 0.343. The highest BCUT2D eigenvalue weighted by Crippen LogP contribution is 1.91. The van der Waals surface area contributed by atoms with E-state index >= 15 is 0 Å². The maximum atomic E-state index is 7.09. The maximum Gasteiger partial charge on any atom is 0.139 e. The fraction of sp³-hybridized carbons (Fsp3) is 0.625. The van der Waals surface area contributed by atoms with Gasteiger partial charge in [0.05, 0.1) is 0 Å². The van der Waals surface area contributed by atoms with Crippen molar-refractivity contribution in [2.75, 3.05) is 6.54 Å². The molecule has 0 amide bonds. The zero-order chi connectivity index (χ0) is 7.82. The van der Waals surface area contributed by atoms with E-state index < -0.39 is 0 Å². The molecule has 10 heavy (non-hydrogen) atoms. The average Bonchev–Trinajstić information content (AvgIpc) is 1.98. The van der Waals surface area contributed by atoms with Crippen molar-refractivity contribution in [3.63, 3.8) is 0 Å². The number of nitrogens with one attached hydrogen (secondary N) is 1. The fourth-order valence-corrected chi connectivity index (χ4v) is 0.626. The van der Waals surface area contributed by atoms with Crippen LogP contribution in [-0.2, 0) is 0 Å². The molecule has 0 unspecified atom stereocenters. The first-order chi connectivity index (χ1) is 4.81. The molecule has 2 heteroatoms. The van der Waals surface area contributed by atoms with E-state index in [-0.39, 0.29) is 0 Å². The van der Waals surface area contributed by atoms with Crippen molar-refractivity contribution in [1.82, 2.24) is 5.32 Å². The third-order valence-electron chi connectivity index (χ3n) is 1.24. The molecule has 0 rings (SSSR count). The van der Waals surface area contributed by atoms with Crippen molar-refractivity contribution in [1.29, 1.82) is 5.41 Å². The third kappa shape index (κ3) is 5.35. The van der Waals surface area contributed by atoms with Crippen molar-refractivity contribution in [2.24, 2.45) is 0 Å². The van der Waals surface area contributed by atoms with E-state index in [0.717, 1.165) is 13.0 Å². The lowest BCUT2D eigenvalue weighted by Gasteiger charge is -1.97. The molecule has 0 saturated carbocycles. The molecule has 0 fully saturated rings. The van der Waals surface area contributed by atoms with Crippen molar-refractivity contribution < 1.29 is 0 Å². The van der Waals surface area contributed by atoms with Crippen molar-refractivity contribution in [3.05, 3.63) is 12.7 Å². The van der Waals surface area contributed by atoms with Gasteiger partial charge in [-0.2, -0.15) is 0 Å². The summed E-state index contributed by atoms with van der Waals surface area (Å²) in [6, 6.07) is 0. The Bertz CT molecular complexity index is 108. The molecule has 0 aromatic heterocycles. The Morgan fingerprint density at radius 3 is 2.80 bits per heavy atom. The van der Waals surface area contributed by atoms with Gasteiger partial charge in [-0.25, -0.2) is 0 Å². The molecule has 0 aromatic carbocycles. The number of hydrogen-bond acceptors (Lipinski definition) is 1. The van der Waals surface area contributed by atoms with Gasteiger partial charge in [-0.1, -0.05) is 26.3 Å². The largest absolute Gasteiger partial charge is 0.283 e. The van der Waals surface area contributed by atoms with Gasteiger partial charge in [0, 0.05) is 6.54 Å². The van der Waals surface area contributed by atoms with Crippen LogP contribution in [0, 0.1) is 5.41 Å². The normalized spacial score (nSPS) is 8.90. The van der Waals surface area contributed by atoms with Crippen molar-refractivity contribution in [2.45, 2.75) is 26.2 Å². The van der Waals surface area contributed by atoms with Gasteiger partial charge >= 0.3 is 0 Å². The first-order valence-electron chi connectivity index (χ1n) is 3.69. The van der Waals surface area contributed by atoms with Gasteiger partial charge in [0.2, 0.25) is 0 Å². The van der Waals surface area contributed by atoms with Gasteiger partial charge in [-0.3, -0.25) is 10.7 Å². The Labute approximate surface area is 62.8 Å². The second-order valence-corrected chi connectivity index (χ2v) is 2.18. The lowest BCUT2D eigenvalue weighted by atomic mass is 10.2. The van der Waals surface area contributed by atoms with Gasteiger partial charge in [-0.15, -0.1) is 0 Å². The smallest absolute Gasteiger partial charge is 0.139 e. The van der Waals surface area contributed by atoms with Crippen LogP contribution in [0.3, 0.4) is 0 Å². The molecule has 0 aliphatic heterocycles. The van der Waals surface area contributed by atoms with Crippen LogP contribution in [-0.4, -0.2) is 12.4 Å². The standard InChI is InChI=1S/C8H15N2/c1-3-5-6-7-10-8(9)4-2/h4,9H,2-3,5-7H2,1H3. The first-order valence-corrected chi connectivity index (χ1v) is 3.69. The van der Waals surface area contributed by atoms with Gasteiger partial charge in [0.15, 0.2) is 0 Å². The fourth-order valence-electron chi connectivity index (χ4n) is 0.626. The van der Waals surface area contributed by atoms with E-state index in [9.17, 15) is 0 Å². The Morgan fingerprint density at radius 2 is 2.30 bits per heavy atom. The summed E-state index contributed by atoms with van der Waals surface area (Å²) in [5.41, 5.74) is 0. The first kappa shape index (κ1) is 9.21. The minimum Gasteiger partial charge on any atom is -0.283 e. The summed E-state index contributed by atoms with van der Waals surface area (Å²) < 4.78 is 0. The van der Waals surface area contributed by atoms with Gasteiger partial charge in [0.1, 0.15) is 5.84 Å². The molecule has 0 heterocycles. The van der Waals surface area contributed by atoms with E-state index in [1.807, 2.05) is 0 Å². The minimum absolute atomic E-state index is 0.302. The van der Waals surface area contributed by atoms with E-state index in [2.05, 4.69) is 18.8 Å². The number of amidine groups is 1. The molecular formula is C8H15N2. The summed E-state index contributed by atoms with van der Waals surface area (Å²) in [7, 11) is 0. The van der Waals surface area contributed by atoms with E-state index in [4.69, 9.17) is 5.41 Å². The van der Waals surface area contributed by atoms with E-state index in [1.165, 1.54) is 18.9 Å². The third-order valence-corrected chi connectivity index (χ3v) is 1.24. The average molecular weight is 139 g/mol. The van der Waals surface area contributed by atoms with Crippen molar-refractivity contribution in [3.8, 4) is 0 Å². The molecule has 0 bridgehead atoms. The number of rotatable bonds is 5. The summed E-state index contributed by atoms with van der Waals surface area (Å²) in [4.78, 5) is 0. The zero-order valence-corrected chi connectivity index (χ0v) is 6.56. The predicted molar refractivity (Wildman–Crippen MR) is 44.4 cm³/mol. The molecule has 2 nitrogen and oxygen atoms in total. The minimum atomic E-state index is 0.302. The lowest BCUT2D eigenvalue weighted by molar-refractivity contribution is 0.690. The SMILES string of the molecule is C=CC(=N)[N]CCCCC. The molecule has 0 aliphatic carbocycles. The highest BCUT2D eigenvalue weighted by molar-refractivity contribution is 5.89. The summed E-state index contributed by atoms with van der Waals surface area (Å²) in [5.74, 6) is 0.302. The second kappa shape index (κ2) is 6.33. The summed E-state index contributed by atoms with van der Waals surface area (Å²) >= 11 is 0. The lowest BCUT2D eigenvalue weighted by Crippen LogP contribution is -2.12. The van der Waals surface area contributed by atoms with Crippen LogP contribution in [0.2, 0.25) is 0 Å². The molecule has 0 aromatic rings. The number of nitrogens with zero attached hydrogens (tertiary/aromatic N) is 1. The molecule has 0 saturated heterocycles. The highest BCUT2D eigenvalue weighted by atomic mass is 14.9. The summed E-state index contributed by atoms with van der Waals surface area (Å²) in [6.07, 6.45) is 4.96. The highest BCUT2D eigenvalue weighted by Gasteiger charge is 1.89. The van der Waals surface area contributed by atoms with Crippen LogP contribution in [0.15, 0.2) is 12.7 Å². The molecule has 1 N–H and O–H groups in total. The number of hydrogen-bond donors (Lipinski definition) is 1. The topological polar surface area (TPSA) is 38.0 Å². The van der Waals surface area contributed by atoms with Gasteiger partial charge in [-0.05, 0) is 12.5 Å². The Balaban J connectivity index is 3.03. The predicted octanol–water partition coefficient (Wildman–Crippen LogP) is 1.94. The summed E-state index contributed by atoms with van der Waals surface area (Å²) in [5, 5.41) is 11.0. The molecule has 0 aliphatic rings. The molecular weight excluding hydrogens is 124 g/mol. The zero-order valence-electron chi connectivity index (χ0n) is 6.56. The van der Waals surface area contributed by atoms with Crippen LogP contribution in [0.5, 0.6) is 0 Å². The van der Waals surface area contributed by atoms with E-state index in [0.29, 0.717) is 5.84 Å². The maximum absolute atomic E-state index is 7.09. The Morgan fingerprint density at radius 1 is 1.60 bits per heavy atom. The molecule has 0 atom stereocenters. The van der Waals surface area contributed by atoms with Crippen LogP contribution < -0.4 is 5.32 Å². The van der Waals surface area contributed by atoms with Crippen LogP contribution in [0.1, 0.15) is 26.2 Å². The van der Waals surface area contributed by atoms with Gasteiger partial charge < -0.3 is 0 Å². The Kier molecular flexibility index (Phi) is 5.83. The van der Waals surface area contributed by atoms with E-state index in [1.54, 1.807) is 0 Å². The monoisotopic (exact) mass is 139 g/mol. The van der Waals surface area contributed by atoms with Gasteiger partial charge in [0.25, 0.3) is 0 Å². The second-order valence-electron chi connectivity index (χ2n) is 2.18. The van der Waals surface area contributed by atoms with Crippen LogP contribution in [0.25, 0.3) is 0 Å².